The number of carbonyl (C=O) groups excluding carboxylic acids is 2. The average Bonchev–Trinajstić information content (AvgIpc) is 3.17. The van der Waals surface area contributed by atoms with Crippen LogP contribution < -0.4 is 10.2 Å². The van der Waals surface area contributed by atoms with Gasteiger partial charge in [0.15, 0.2) is 9.84 Å². The van der Waals surface area contributed by atoms with Gasteiger partial charge in [-0.3, -0.25) is 9.59 Å². The van der Waals surface area contributed by atoms with Gasteiger partial charge in [0.25, 0.3) is 5.91 Å². The van der Waals surface area contributed by atoms with Crippen molar-refractivity contribution < 1.29 is 26.4 Å². The predicted molar refractivity (Wildman–Crippen MR) is 141 cm³/mol. The van der Waals surface area contributed by atoms with E-state index < -0.39 is 19.9 Å². The minimum atomic E-state index is -3.90. The van der Waals surface area contributed by atoms with Crippen molar-refractivity contribution in [1.82, 2.24) is 4.31 Å². The van der Waals surface area contributed by atoms with E-state index in [-0.39, 0.29) is 40.6 Å². The maximum Gasteiger partial charge on any atom is 0.258 e. The second-order valence-electron chi connectivity index (χ2n) is 9.32. The smallest absolute Gasteiger partial charge is 0.258 e. The molecule has 2 aliphatic rings. The van der Waals surface area contributed by atoms with Crippen LogP contribution in [0.1, 0.15) is 30.1 Å². The second kappa shape index (κ2) is 9.23. The standard InChI is InChI=1S/C26H27N3O6S2/c1-3-29-23-11-10-22(20-8-5-9-21(24(20)23)26(29)31)27-25(30)17-12-14-28(15-13-17)37(34,35)19-7-4-6-18(16-19)36(2,32)33/h4-11,16-17H,3,12-15H2,1-2H3,(H,27,30). The average molecular weight is 542 g/mol. The first-order valence-corrected chi connectivity index (χ1v) is 15.3. The van der Waals surface area contributed by atoms with E-state index in [9.17, 15) is 26.4 Å². The van der Waals surface area contributed by atoms with Crippen molar-refractivity contribution in [2.75, 3.05) is 36.1 Å². The van der Waals surface area contributed by atoms with E-state index in [4.69, 9.17) is 0 Å². The Morgan fingerprint density at radius 2 is 1.65 bits per heavy atom. The maximum atomic E-state index is 13.1. The molecule has 0 radical (unpaired) electrons. The number of piperidine rings is 1. The highest BCUT2D eigenvalue weighted by molar-refractivity contribution is 7.91. The van der Waals surface area contributed by atoms with Gasteiger partial charge in [0, 0.05) is 53.8 Å². The number of nitrogens with zero attached hydrogens (tertiary/aromatic N) is 2. The highest BCUT2D eigenvalue weighted by atomic mass is 32.2. The lowest BCUT2D eigenvalue weighted by Gasteiger charge is -2.30. The van der Waals surface area contributed by atoms with Gasteiger partial charge in [-0.2, -0.15) is 4.31 Å². The SMILES string of the molecule is CCN1C(=O)c2cccc3c(NC(=O)C4CCN(S(=O)(=O)c5cccc(S(C)(=O)=O)c5)CC4)ccc1c23. The van der Waals surface area contributed by atoms with Crippen LogP contribution in [0.4, 0.5) is 11.4 Å². The van der Waals surface area contributed by atoms with E-state index in [1.54, 1.807) is 23.1 Å². The lowest BCUT2D eigenvalue weighted by Crippen LogP contribution is -2.41. The Labute approximate surface area is 216 Å². The van der Waals surface area contributed by atoms with Crippen molar-refractivity contribution >= 4 is 53.8 Å². The molecular formula is C26H27N3O6S2. The first-order chi connectivity index (χ1) is 17.5. The van der Waals surface area contributed by atoms with Crippen LogP contribution in [0.3, 0.4) is 0 Å². The molecule has 0 bridgehead atoms. The molecule has 2 heterocycles. The van der Waals surface area contributed by atoms with Crippen LogP contribution in [0.25, 0.3) is 10.8 Å². The van der Waals surface area contributed by atoms with Gasteiger partial charge in [0.1, 0.15) is 0 Å². The fourth-order valence-electron chi connectivity index (χ4n) is 5.08. The molecule has 0 unspecified atom stereocenters. The van der Waals surface area contributed by atoms with Gasteiger partial charge in [-0.15, -0.1) is 0 Å². The Morgan fingerprint density at radius 3 is 2.32 bits per heavy atom. The van der Waals surface area contributed by atoms with Crippen LogP contribution in [0.15, 0.2) is 64.4 Å². The molecule has 194 valence electrons. The van der Waals surface area contributed by atoms with Crippen molar-refractivity contribution in [2.45, 2.75) is 29.6 Å². The Hall–Kier alpha value is -3.28. The summed E-state index contributed by atoms with van der Waals surface area (Å²) in [4.78, 5) is 27.4. The van der Waals surface area contributed by atoms with Gasteiger partial charge in [-0.1, -0.05) is 18.2 Å². The second-order valence-corrected chi connectivity index (χ2v) is 13.3. The number of hydrogen-bond acceptors (Lipinski definition) is 6. The van der Waals surface area contributed by atoms with Gasteiger partial charge in [-0.25, -0.2) is 16.8 Å². The molecule has 0 aromatic heterocycles. The summed E-state index contributed by atoms with van der Waals surface area (Å²) in [7, 11) is -7.44. The first kappa shape index (κ1) is 25.4. The largest absolute Gasteiger partial charge is 0.325 e. The molecule has 2 aliphatic heterocycles. The third kappa shape index (κ3) is 4.41. The van der Waals surface area contributed by atoms with Crippen molar-refractivity contribution in [3.05, 3.63) is 60.2 Å². The van der Waals surface area contributed by atoms with Gasteiger partial charge < -0.3 is 10.2 Å². The van der Waals surface area contributed by atoms with Crippen molar-refractivity contribution in [3.63, 3.8) is 0 Å². The number of rotatable bonds is 6. The van der Waals surface area contributed by atoms with Gasteiger partial charge in [-0.05, 0) is 56.2 Å². The molecule has 1 fully saturated rings. The van der Waals surface area contributed by atoms with Crippen molar-refractivity contribution in [3.8, 4) is 0 Å². The van der Waals surface area contributed by atoms with Crippen LogP contribution in [0.5, 0.6) is 0 Å². The van der Waals surface area contributed by atoms with Crippen LogP contribution in [0, 0.1) is 5.92 Å². The number of anilines is 2. The Bertz CT molecular complexity index is 1640. The quantitative estimate of drug-likeness (QED) is 0.511. The van der Waals surface area contributed by atoms with Crippen molar-refractivity contribution in [2.24, 2.45) is 5.92 Å². The molecule has 1 saturated heterocycles. The molecule has 2 amide bonds. The number of carbonyl (C=O) groups is 2. The number of benzene rings is 3. The van der Waals surface area contributed by atoms with Crippen LogP contribution in [-0.2, 0) is 24.7 Å². The molecule has 3 aromatic carbocycles. The molecule has 11 heteroatoms. The molecule has 37 heavy (non-hydrogen) atoms. The summed E-state index contributed by atoms with van der Waals surface area (Å²) in [5.74, 6) is -0.638. The Kier molecular flexibility index (Phi) is 6.33. The summed E-state index contributed by atoms with van der Waals surface area (Å²) < 4.78 is 51.3. The maximum absolute atomic E-state index is 13.1. The molecule has 1 N–H and O–H groups in total. The number of sulfonamides is 1. The lowest BCUT2D eigenvalue weighted by molar-refractivity contribution is -0.120. The highest BCUT2D eigenvalue weighted by Crippen LogP contribution is 2.40. The summed E-state index contributed by atoms with van der Waals surface area (Å²) in [5, 5.41) is 4.60. The molecule has 9 nitrogen and oxygen atoms in total. The molecule has 0 saturated carbocycles. The summed E-state index contributed by atoms with van der Waals surface area (Å²) in [6.45, 7) is 2.76. The molecule has 0 spiro atoms. The predicted octanol–water partition coefficient (Wildman–Crippen LogP) is 3.26. The Morgan fingerprint density at radius 1 is 0.973 bits per heavy atom. The van der Waals surface area contributed by atoms with E-state index in [1.165, 1.54) is 28.6 Å². The summed E-state index contributed by atoms with van der Waals surface area (Å²) in [6, 6.07) is 14.4. The number of nitrogens with one attached hydrogen (secondary N) is 1. The molecule has 0 atom stereocenters. The van der Waals surface area contributed by atoms with E-state index >= 15 is 0 Å². The third-order valence-electron chi connectivity index (χ3n) is 7.06. The monoisotopic (exact) mass is 541 g/mol. The van der Waals surface area contributed by atoms with E-state index in [1.807, 2.05) is 19.1 Å². The summed E-state index contributed by atoms with van der Waals surface area (Å²) >= 11 is 0. The fourth-order valence-corrected chi connectivity index (χ4v) is 7.33. The highest BCUT2D eigenvalue weighted by Gasteiger charge is 2.34. The first-order valence-electron chi connectivity index (χ1n) is 12.0. The van der Waals surface area contributed by atoms with Gasteiger partial charge >= 0.3 is 0 Å². The Balaban J connectivity index is 1.31. The normalized spacial score (nSPS) is 16.9. The summed E-state index contributed by atoms with van der Waals surface area (Å²) in [5.41, 5.74) is 2.06. The zero-order chi connectivity index (χ0) is 26.5. The van der Waals surface area contributed by atoms with Crippen LogP contribution >= 0.6 is 0 Å². The topological polar surface area (TPSA) is 121 Å². The number of amides is 2. The molecule has 0 aliphatic carbocycles. The molecular weight excluding hydrogens is 514 g/mol. The number of sulfone groups is 1. The van der Waals surface area contributed by atoms with Crippen LogP contribution in [0.2, 0.25) is 0 Å². The molecule has 3 aromatic rings. The lowest BCUT2D eigenvalue weighted by atomic mass is 9.96. The summed E-state index contributed by atoms with van der Waals surface area (Å²) in [6.07, 6.45) is 1.70. The van der Waals surface area contributed by atoms with Crippen molar-refractivity contribution in [1.29, 1.82) is 0 Å². The van der Waals surface area contributed by atoms with Crippen LogP contribution in [-0.4, -0.2) is 58.8 Å². The zero-order valence-corrected chi connectivity index (χ0v) is 22.1. The van der Waals surface area contributed by atoms with Gasteiger partial charge in [0.2, 0.25) is 15.9 Å². The van der Waals surface area contributed by atoms with E-state index in [0.29, 0.717) is 30.6 Å². The van der Waals surface area contributed by atoms with E-state index in [2.05, 4.69) is 5.32 Å². The minimum absolute atomic E-state index is 0.0535. The van der Waals surface area contributed by atoms with Gasteiger partial charge in [0.05, 0.1) is 15.5 Å². The fraction of sp³-hybridized carbons (Fsp3) is 0.308. The van der Waals surface area contributed by atoms with E-state index in [0.717, 1.165) is 22.7 Å². The molecule has 5 rings (SSSR count). The third-order valence-corrected chi connectivity index (χ3v) is 10.1. The minimum Gasteiger partial charge on any atom is -0.325 e. The zero-order valence-electron chi connectivity index (χ0n) is 20.5. The number of hydrogen-bond donors (Lipinski definition) is 1.